The van der Waals surface area contributed by atoms with Crippen LogP contribution in [0.1, 0.15) is 95.9 Å². The third kappa shape index (κ3) is 3.60. The van der Waals surface area contributed by atoms with Gasteiger partial charge in [0.15, 0.2) is 0 Å². The lowest BCUT2D eigenvalue weighted by Gasteiger charge is -2.62. The molecular formula is C27H44O4. The fourth-order valence-electron chi connectivity index (χ4n) is 9.02. The van der Waals surface area contributed by atoms with E-state index in [1.54, 1.807) is 0 Å². The molecule has 4 aliphatic carbocycles. The van der Waals surface area contributed by atoms with Gasteiger partial charge in [0.25, 0.3) is 0 Å². The Morgan fingerprint density at radius 2 is 1.87 bits per heavy atom. The quantitative estimate of drug-likeness (QED) is 0.586. The van der Waals surface area contributed by atoms with Crippen LogP contribution in [-0.2, 0) is 14.3 Å². The van der Waals surface area contributed by atoms with Crippen molar-refractivity contribution < 1.29 is 23.5 Å². The van der Waals surface area contributed by atoms with Gasteiger partial charge in [-0.05, 0) is 98.2 Å². The average Bonchev–Trinajstić information content (AvgIpc) is 3.12. The Morgan fingerprint density at radius 3 is 2.58 bits per heavy atom. The van der Waals surface area contributed by atoms with Crippen LogP contribution in [0.2, 0.25) is 0 Å². The summed E-state index contributed by atoms with van der Waals surface area (Å²) < 4.78 is 28.7. The molecule has 0 spiro atoms. The minimum absolute atomic E-state index is 0.0361. The average molecular weight is 436 g/mol. The lowest BCUT2D eigenvalue weighted by molar-refractivity contribution is -0.173. The van der Waals surface area contributed by atoms with Crippen molar-refractivity contribution in [3.8, 4) is 0 Å². The zero-order valence-corrected chi connectivity index (χ0v) is 19.9. The summed E-state index contributed by atoms with van der Waals surface area (Å²) in [6, 6.07) is 0. The monoisotopic (exact) mass is 435 g/mol. The zero-order valence-electron chi connectivity index (χ0n) is 22.9. The number of rotatable bonds is 5. The molecule has 4 nitrogen and oxygen atoms in total. The van der Waals surface area contributed by atoms with Crippen LogP contribution in [0.15, 0.2) is 0 Å². The Balaban J connectivity index is 1.63. The SMILES string of the molecule is [2H]C([2H])([2H])C[C@H]1C(=O)[C@@H]2[C@H](CC[C@]3(C)[C@@H]([C@H](C)CCC(=O)OC)CC[C@@H]23)[C@@]2(C)CC[C@@H](O)C[C@@H]12. The van der Waals surface area contributed by atoms with Crippen LogP contribution in [0.5, 0.6) is 0 Å². The molecule has 176 valence electrons. The van der Waals surface area contributed by atoms with Gasteiger partial charge in [-0.3, -0.25) is 9.59 Å². The fraction of sp³-hybridized carbons (Fsp3) is 0.926. The maximum atomic E-state index is 14.2. The van der Waals surface area contributed by atoms with Crippen molar-refractivity contribution in [2.75, 3.05) is 7.11 Å². The molecule has 0 aromatic rings. The summed E-state index contributed by atoms with van der Waals surface area (Å²) in [6.45, 7) is 4.77. The predicted molar refractivity (Wildman–Crippen MR) is 121 cm³/mol. The number of esters is 1. The zero-order chi connectivity index (χ0) is 25.1. The maximum Gasteiger partial charge on any atom is 0.305 e. The van der Waals surface area contributed by atoms with Crippen molar-refractivity contribution in [2.45, 2.75) is 97.9 Å². The minimum Gasteiger partial charge on any atom is -0.469 e. The van der Waals surface area contributed by atoms with Crippen LogP contribution in [0, 0.1) is 52.3 Å². The third-order valence-electron chi connectivity index (χ3n) is 10.7. The van der Waals surface area contributed by atoms with Gasteiger partial charge in [-0.15, -0.1) is 0 Å². The lowest BCUT2D eigenvalue weighted by atomic mass is 9.42. The second-order valence-electron chi connectivity index (χ2n) is 11.8. The highest BCUT2D eigenvalue weighted by atomic mass is 16.5. The molecule has 1 N–H and O–H groups in total. The van der Waals surface area contributed by atoms with Gasteiger partial charge >= 0.3 is 5.97 Å². The Hall–Kier alpha value is -0.900. The Bertz CT molecular complexity index is 797. The van der Waals surface area contributed by atoms with Crippen LogP contribution in [0.25, 0.3) is 0 Å². The number of ketones is 1. The standard InChI is InChI=1S/C27H44O4/c1-6-18-22-15-17(28)11-13-27(22,4)21-12-14-26(3)19(16(2)7-10-23(29)31-5)8-9-20(26)24(21)25(18)30/h16-22,24,28H,6-15H2,1-5H3/t16-,17-,18-,19-,20+,21+,22+,24+,26-,27-/m1/s1/i1D3. The van der Waals surface area contributed by atoms with Crippen LogP contribution < -0.4 is 0 Å². The molecule has 4 rings (SSSR count). The molecule has 0 aliphatic heterocycles. The summed E-state index contributed by atoms with van der Waals surface area (Å²) in [5, 5.41) is 10.5. The van der Waals surface area contributed by atoms with Crippen LogP contribution in [-0.4, -0.2) is 30.1 Å². The van der Waals surface area contributed by atoms with E-state index >= 15 is 0 Å². The molecule has 4 aliphatic rings. The van der Waals surface area contributed by atoms with Gasteiger partial charge in [-0.2, -0.15) is 0 Å². The van der Waals surface area contributed by atoms with Crippen LogP contribution in [0.4, 0.5) is 0 Å². The molecule has 0 amide bonds. The Kier molecular flexibility index (Phi) is 5.34. The van der Waals surface area contributed by atoms with Crippen LogP contribution in [0.3, 0.4) is 0 Å². The molecule has 0 aromatic carbocycles. The van der Waals surface area contributed by atoms with Gasteiger partial charge in [-0.1, -0.05) is 27.6 Å². The molecule has 4 fully saturated rings. The Labute approximate surface area is 193 Å². The van der Waals surface area contributed by atoms with Gasteiger partial charge in [0, 0.05) is 22.4 Å². The number of carbonyl (C=O) groups is 2. The molecule has 4 saturated carbocycles. The maximum absolute atomic E-state index is 14.2. The fourth-order valence-corrected chi connectivity index (χ4v) is 9.02. The van der Waals surface area contributed by atoms with Gasteiger partial charge in [0.05, 0.1) is 13.2 Å². The van der Waals surface area contributed by atoms with E-state index in [0.29, 0.717) is 24.7 Å². The molecule has 10 atom stereocenters. The predicted octanol–water partition coefficient (Wildman–Crippen LogP) is 5.41. The molecule has 0 heterocycles. The van der Waals surface area contributed by atoms with E-state index in [0.717, 1.165) is 44.9 Å². The molecule has 0 unspecified atom stereocenters. The number of hydrogen-bond donors (Lipinski definition) is 1. The first-order valence-corrected chi connectivity index (χ1v) is 12.6. The number of aliphatic hydroxyl groups is 1. The van der Waals surface area contributed by atoms with E-state index in [4.69, 9.17) is 8.85 Å². The number of methoxy groups -OCH3 is 1. The number of hydrogen-bond acceptors (Lipinski definition) is 4. The molecule has 0 aromatic heterocycles. The topological polar surface area (TPSA) is 63.6 Å². The normalized spacial score (nSPS) is 49.6. The first kappa shape index (κ1) is 19.6. The molecule has 0 saturated heterocycles. The van der Waals surface area contributed by atoms with E-state index in [2.05, 4.69) is 20.8 Å². The van der Waals surface area contributed by atoms with Crippen molar-refractivity contribution in [3.05, 3.63) is 0 Å². The number of aliphatic hydroxyl groups excluding tert-OH is 1. The summed E-state index contributed by atoms with van der Waals surface area (Å²) in [5.41, 5.74) is -0.0298. The van der Waals surface area contributed by atoms with E-state index < -0.39 is 18.9 Å². The van der Waals surface area contributed by atoms with Crippen molar-refractivity contribution in [1.29, 1.82) is 0 Å². The minimum atomic E-state index is -2.14. The first-order chi connectivity index (χ1) is 15.8. The number of ether oxygens (including phenoxy) is 1. The molecule has 4 heteroatoms. The smallest absolute Gasteiger partial charge is 0.305 e. The van der Waals surface area contributed by atoms with Crippen molar-refractivity contribution >= 4 is 11.8 Å². The summed E-state index contributed by atoms with van der Waals surface area (Å²) >= 11 is 0. The first-order valence-electron chi connectivity index (χ1n) is 14.1. The summed E-state index contributed by atoms with van der Waals surface area (Å²) in [4.78, 5) is 25.9. The van der Waals surface area contributed by atoms with E-state index in [9.17, 15) is 14.7 Å². The van der Waals surface area contributed by atoms with Gasteiger partial charge in [-0.25, -0.2) is 0 Å². The highest BCUT2D eigenvalue weighted by Crippen LogP contribution is 2.68. The number of fused-ring (bicyclic) bond motifs is 5. The van der Waals surface area contributed by atoms with Crippen molar-refractivity contribution in [1.82, 2.24) is 0 Å². The Morgan fingerprint density at radius 1 is 1.16 bits per heavy atom. The molecule has 0 bridgehead atoms. The highest BCUT2D eigenvalue weighted by Gasteiger charge is 2.65. The second-order valence-corrected chi connectivity index (χ2v) is 11.8. The third-order valence-corrected chi connectivity index (χ3v) is 10.7. The molecular weight excluding hydrogens is 388 g/mol. The van der Waals surface area contributed by atoms with E-state index in [1.165, 1.54) is 7.11 Å². The van der Waals surface area contributed by atoms with Crippen LogP contribution >= 0.6 is 0 Å². The highest BCUT2D eigenvalue weighted by molar-refractivity contribution is 5.86. The van der Waals surface area contributed by atoms with Gasteiger partial charge in [0.1, 0.15) is 5.78 Å². The summed E-state index contributed by atoms with van der Waals surface area (Å²) in [6.07, 6.45) is 7.12. The van der Waals surface area contributed by atoms with Crippen molar-refractivity contribution in [2.24, 2.45) is 52.3 Å². The van der Waals surface area contributed by atoms with E-state index in [1.807, 2.05) is 0 Å². The van der Waals surface area contributed by atoms with Gasteiger partial charge < -0.3 is 9.84 Å². The lowest BCUT2D eigenvalue weighted by Crippen LogP contribution is -2.60. The summed E-state index contributed by atoms with van der Waals surface area (Å²) in [5.74, 6) is 0.852. The molecule has 31 heavy (non-hydrogen) atoms. The number of Topliss-reactive ketones (excluding diaryl/α,β-unsaturated/α-hetero) is 1. The largest absolute Gasteiger partial charge is 0.469 e. The summed E-state index contributed by atoms with van der Waals surface area (Å²) in [7, 11) is 1.43. The number of carbonyl (C=O) groups excluding carboxylic acids is 2. The van der Waals surface area contributed by atoms with Crippen molar-refractivity contribution in [3.63, 3.8) is 0 Å². The second kappa shape index (κ2) is 8.47. The van der Waals surface area contributed by atoms with Gasteiger partial charge in [0.2, 0.25) is 0 Å². The molecule has 0 radical (unpaired) electrons. The van der Waals surface area contributed by atoms with E-state index in [-0.39, 0.29) is 52.7 Å².